The van der Waals surface area contributed by atoms with Crippen molar-refractivity contribution in [2.45, 2.75) is 25.2 Å². The maximum Gasteiger partial charge on any atom is 0.410 e. The van der Waals surface area contributed by atoms with Gasteiger partial charge in [0, 0.05) is 0 Å². The second-order valence-electron chi connectivity index (χ2n) is 5.16. The average Bonchev–Trinajstić information content (AvgIpc) is 2.86. The number of likely N-dealkylation sites (tertiary alicyclic amines) is 1. The van der Waals surface area contributed by atoms with Crippen LogP contribution in [0.15, 0.2) is 30.3 Å². The Hall–Kier alpha value is -1.67. The van der Waals surface area contributed by atoms with E-state index in [1.807, 2.05) is 18.2 Å². The lowest BCUT2D eigenvalue weighted by molar-refractivity contribution is 0.0853. The van der Waals surface area contributed by atoms with Crippen molar-refractivity contribution < 1.29 is 26.5 Å². The molecule has 1 amide bonds. The van der Waals surface area contributed by atoms with Gasteiger partial charge in [-0.25, -0.2) is 9.18 Å². The van der Waals surface area contributed by atoms with Gasteiger partial charge >= 0.3 is 6.09 Å². The summed E-state index contributed by atoms with van der Waals surface area (Å²) in [6.45, 7) is -0.702. The Morgan fingerprint density at radius 1 is 1.36 bits per heavy atom. The number of carbonyl (C=O) groups excluding carboxylic acids is 1. The number of hydrogen-bond donors (Lipinski definition) is 0. The molecule has 122 valence electrons. The van der Waals surface area contributed by atoms with Crippen LogP contribution in [-0.4, -0.2) is 51.0 Å². The molecule has 1 aliphatic heterocycles. The molecule has 1 heterocycles. The van der Waals surface area contributed by atoms with Crippen LogP contribution < -0.4 is 0 Å². The van der Waals surface area contributed by atoms with Gasteiger partial charge in [-0.1, -0.05) is 30.3 Å². The van der Waals surface area contributed by atoms with Gasteiger partial charge in [-0.05, 0) is 12.0 Å². The van der Waals surface area contributed by atoms with Crippen molar-refractivity contribution in [1.82, 2.24) is 4.90 Å². The quantitative estimate of drug-likeness (QED) is 0.768. The van der Waals surface area contributed by atoms with Crippen LogP contribution >= 0.6 is 0 Å². The van der Waals surface area contributed by atoms with Crippen LogP contribution in [0.3, 0.4) is 0 Å². The van der Waals surface area contributed by atoms with Gasteiger partial charge in [-0.3, -0.25) is 9.08 Å². The molecular formula is C14H18FNO5S. The zero-order valence-electron chi connectivity index (χ0n) is 12.1. The van der Waals surface area contributed by atoms with E-state index >= 15 is 0 Å². The molecule has 0 N–H and O–H groups in total. The number of benzene rings is 1. The Labute approximate surface area is 128 Å². The summed E-state index contributed by atoms with van der Waals surface area (Å²) in [7, 11) is -3.64. The summed E-state index contributed by atoms with van der Waals surface area (Å²) >= 11 is 0. The highest BCUT2D eigenvalue weighted by atomic mass is 32.2. The largest absolute Gasteiger partial charge is 0.445 e. The number of ether oxygens (including phenoxy) is 1. The van der Waals surface area contributed by atoms with Crippen molar-refractivity contribution in [3.05, 3.63) is 35.9 Å². The van der Waals surface area contributed by atoms with Crippen LogP contribution in [0.5, 0.6) is 0 Å². The molecular weight excluding hydrogens is 313 g/mol. The van der Waals surface area contributed by atoms with Crippen molar-refractivity contribution in [2.75, 3.05) is 19.5 Å². The summed E-state index contributed by atoms with van der Waals surface area (Å²) < 4.78 is 45.2. The van der Waals surface area contributed by atoms with Crippen LogP contribution in [0.2, 0.25) is 0 Å². The first-order valence-electron chi connectivity index (χ1n) is 6.80. The van der Waals surface area contributed by atoms with E-state index in [9.17, 15) is 17.6 Å². The predicted molar refractivity (Wildman–Crippen MR) is 77.4 cm³/mol. The first-order valence-corrected chi connectivity index (χ1v) is 8.62. The number of halogens is 1. The molecule has 0 unspecified atom stereocenters. The molecule has 0 spiro atoms. The highest BCUT2D eigenvalue weighted by Crippen LogP contribution is 2.23. The van der Waals surface area contributed by atoms with Crippen LogP contribution in [-0.2, 0) is 25.6 Å². The molecule has 1 aliphatic rings. The number of amides is 1. The van der Waals surface area contributed by atoms with E-state index in [-0.39, 0.29) is 19.6 Å². The summed E-state index contributed by atoms with van der Waals surface area (Å²) in [6.07, 6.45) is -0.358. The highest BCUT2D eigenvalue weighted by Gasteiger charge is 2.38. The topological polar surface area (TPSA) is 72.9 Å². The van der Waals surface area contributed by atoms with Crippen LogP contribution in [0.4, 0.5) is 9.18 Å². The van der Waals surface area contributed by atoms with Gasteiger partial charge in [0.05, 0.1) is 24.9 Å². The van der Waals surface area contributed by atoms with Gasteiger partial charge in [0.15, 0.2) is 0 Å². The van der Waals surface area contributed by atoms with Crippen molar-refractivity contribution in [3.8, 4) is 0 Å². The normalized spacial score (nSPS) is 21.8. The second-order valence-corrected chi connectivity index (χ2v) is 6.76. The lowest BCUT2D eigenvalue weighted by Crippen LogP contribution is -2.37. The van der Waals surface area contributed by atoms with E-state index in [4.69, 9.17) is 8.92 Å². The third kappa shape index (κ3) is 4.67. The minimum absolute atomic E-state index is 0.00468. The lowest BCUT2D eigenvalue weighted by Gasteiger charge is -2.21. The van der Waals surface area contributed by atoms with Crippen molar-refractivity contribution in [3.63, 3.8) is 0 Å². The summed E-state index contributed by atoms with van der Waals surface area (Å²) in [6, 6.07) is 8.37. The molecule has 1 fully saturated rings. The molecule has 0 bridgehead atoms. The Kier molecular flexibility index (Phi) is 5.36. The number of alkyl halides is 1. The molecule has 0 aromatic heterocycles. The van der Waals surface area contributed by atoms with Crippen LogP contribution in [0, 0.1) is 0 Å². The van der Waals surface area contributed by atoms with Gasteiger partial charge in [0.2, 0.25) is 0 Å². The second kappa shape index (κ2) is 7.06. The van der Waals surface area contributed by atoms with Crippen LogP contribution in [0.1, 0.15) is 12.0 Å². The van der Waals surface area contributed by atoms with E-state index in [1.165, 1.54) is 4.90 Å². The van der Waals surface area contributed by atoms with Crippen molar-refractivity contribution in [2.24, 2.45) is 0 Å². The summed E-state index contributed by atoms with van der Waals surface area (Å²) in [4.78, 5) is 13.2. The molecule has 6 nitrogen and oxygen atoms in total. The minimum Gasteiger partial charge on any atom is -0.445 e. The molecule has 2 rings (SSSR count). The average molecular weight is 331 g/mol. The van der Waals surface area contributed by atoms with Crippen molar-refractivity contribution >= 4 is 16.2 Å². The van der Waals surface area contributed by atoms with Gasteiger partial charge in [-0.15, -0.1) is 0 Å². The van der Waals surface area contributed by atoms with E-state index in [1.54, 1.807) is 12.1 Å². The van der Waals surface area contributed by atoms with E-state index in [0.29, 0.717) is 0 Å². The predicted octanol–water partition coefficient (Wildman–Crippen LogP) is 1.71. The molecule has 1 aromatic carbocycles. The maximum atomic E-state index is 13.0. The molecule has 1 saturated heterocycles. The Bertz CT molecular complexity index is 607. The Balaban J connectivity index is 1.93. The standard InChI is InChI=1S/C14H18FNO5S/c1-22(18,19)21-13-7-12(8-15)16(9-13)14(17)20-10-11-5-3-2-4-6-11/h2-6,12-13H,7-10H2,1H3/t12-,13+/m1/s1. The van der Waals surface area contributed by atoms with Crippen molar-refractivity contribution in [1.29, 1.82) is 0 Å². The molecule has 2 atom stereocenters. The molecule has 0 radical (unpaired) electrons. The molecule has 1 aromatic rings. The fourth-order valence-electron chi connectivity index (χ4n) is 2.36. The monoisotopic (exact) mass is 331 g/mol. The van der Waals surface area contributed by atoms with Gasteiger partial charge in [0.25, 0.3) is 10.1 Å². The Morgan fingerprint density at radius 2 is 2.05 bits per heavy atom. The van der Waals surface area contributed by atoms with Gasteiger partial charge in [-0.2, -0.15) is 8.42 Å². The SMILES string of the molecule is CS(=O)(=O)O[C@H]1C[C@H](CF)N(C(=O)OCc2ccccc2)C1. The Morgan fingerprint density at radius 3 is 2.64 bits per heavy atom. The fourth-order valence-corrected chi connectivity index (χ4v) is 3.00. The molecule has 0 aliphatic carbocycles. The number of rotatable bonds is 5. The third-order valence-corrected chi connectivity index (χ3v) is 3.93. The first-order chi connectivity index (χ1) is 10.4. The number of nitrogens with zero attached hydrogens (tertiary/aromatic N) is 1. The zero-order valence-corrected chi connectivity index (χ0v) is 13.0. The molecule has 8 heteroatoms. The third-order valence-electron chi connectivity index (χ3n) is 3.30. The smallest absolute Gasteiger partial charge is 0.410 e. The molecule has 22 heavy (non-hydrogen) atoms. The van der Waals surface area contributed by atoms with Gasteiger partial charge in [0.1, 0.15) is 13.3 Å². The number of hydrogen-bond acceptors (Lipinski definition) is 5. The summed E-state index contributed by atoms with van der Waals surface area (Å²) in [5.74, 6) is 0. The zero-order chi connectivity index (χ0) is 16.2. The maximum absolute atomic E-state index is 13.0. The summed E-state index contributed by atoms with van der Waals surface area (Å²) in [5, 5.41) is 0. The number of carbonyl (C=O) groups is 1. The first kappa shape index (κ1) is 16.7. The van der Waals surface area contributed by atoms with E-state index in [0.717, 1.165) is 11.8 Å². The lowest BCUT2D eigenvalue weighted by atomic mass is 10.2. The van der Waals surface area contributed by atoms with E-state index in [2.05, 4.69) is 0 Å². The van der Waals surface area contributed by atoms with E-state index < -0.39 is 35.0 Å². The summed E-state index contributed by atoms with van der Waals surface area (Å²) in [5.41, 5.74) is 0.816. The highest BCUT2D eigenvalue weighted by molar-refractivity contribution is 7.86. The fraction of sp³-hybridized carbons (Fsp3) is 0.500. The van der Waals surface area contributed by atoms with Gasteiger partial charge < -0.3 is 4.74 Å². The minimum atomic E-state index is -3.64. The molecule has 0 saturated carbocycles. The van der Waals surface area contributed by atoms with Crippen LogP contribution in [0.25, 0.3) is 0 Å².